The van der Waals surface area contributed by atoms with Crippen molar-refractivity contribution in [3.63, 3.8) is 0 Å². The van der Waals surface area contributed by atoms with E-state index >= 15 is 0 Å². The Hall–Kier alpha value is -2.60. The summed E-state index contributed by atoms with van der Waals surface area (Å²) in [6, 6.07) is 13.3. The van der Waals surface area contributed by atoms with E-state index in [9.17, 15) is 8.42 Å². The van der Waals surface area contributed by atoms with E-state index in [0.717, 1.165) is 10.8 Å². The first-order valence-electron chi connectivity index (χ1n) is 6.27. The molecule has 0 saturated carbocycles. The second-order valence-electron chi connectivity index (χ2n) is 4.58. The van der Waals surface area contributed by atoms with Gasteiger partial charge in [0.15, 0.2) is 0 Å². The summed E-state index contributed by atoms with van der Waals surface area (Å²) in [5, 5.41) is 1.67. The number of pyridine rings is 1. The van der Waals surface area contributed by atoms with Crippen molar-refractivity contribution in [3.8, 4) is 0 Å². The zero-order chi connectivity index (χ0) is 14.9. The van der Waals surface area contributed by atoms with Crippen LogP contribution >= 0.6 is 0 Å². The quantitative estimate of drug-likeness (QED) is 0.728. The number of aromatic nitrogens is 1. The topological polar surface area (TPSA) is 85.1 Å². The van der Waals surface area contributed by atoms with E-state index < -0.39 is 10.0 Å². The van der Waals surface area contributed by atoms with E-state index in [0.29, 0.717) is 11.4 Å². The summed E-state index contributed by atoms with van der Waals surface area (Å²) in [5.74, 6) is 0. The van der Waals surface area contributed by atoms with Crippen LogP contribution in [0.2, 0.25) is 0 Å². The number of nitrogen functional groups attached to an aromatic ring is 1. The van der Waals surface area contributed by atoms with Crippen molar-refractivity contribution in [2.75, 3.05) is 10.5 Å². The van der Waals surface area contributed by atoms with Crippen molar-refractivity contribution in [2.45, 2.75) is 4.90 Å². The summed E-state index contributed by atoms with van der Waals surface area (Å²) < 4.78 is 27.4. The van der Waals surface area contributed by atoms with E-state index in [1.165, 1.54) is 12.1 Å². The molecule has 106 valence electrons. The Morgan fingerprint density at radius 3 is 2.52 bits per heavy atom. The molecule has 5 nitrogen and oxygen atoms in total. The smallest absolute Gasteiger partial charge is 0.261 e. The summed E-state index contributed by atoms with van der Waals surface area (Å²) in [7, 11) is -3.65. The zero-order valence-corrected chi connectivity index (χ0v) is 11.8. The lowest BCUT2D eigenvalue weighted by Crippen LogP contribution is -2.13. The fraction of sp³-hybridized carbons (Fsp3) is 0. The molecule has 0 aliphatic rings. The summed E-state index contributed by atoms with van der Waals surface area (Å²) in [5.41, 5.74) is 6.59. The number of hydrogen-bond donors (Lipinski definition) is 2. The number of hydrogen-bond acceptors (Lipinski definition) is 4. The molecule has 0 fully saturated rings. The Kier molecular flexibility index (Phi) is 3.23. The molecule has 3 rings (SSSR count). The number of nitrogens with zero attached hydrogens (tertiary/aromatic N) is 1. The Balaban J connectivity index is 2.03. The van der Waals surface area contributed by atoms with Crippen molar-refractivity contribution in [3.05, 3.63) is 60.9 Å². The van der Waals surface area contributed by atoms with Crippen molar-refractivity contribution < 1.29 is 8.42 Å². The molecule has 0 atom stereocenters. The van der Waals surface area contributed by atoms with Crippen molar-refractivity contribution >= 4 is 32.2 Å². The molecule has 0 saturated heterocycles. The van der Waals surface area contributed by atoms with E-state index in [2.05, 4.69) is 9.71 Å². The summed E-state index contributed by atoms with van der Waals surface area (Å²) in [6.07, 6.45) is 3.30. The molecule has 2 aromatic carbocycles. The van der Waals surface area contributed by atoms with Crippen molar-refractivity contribution in [1.82, 2.24) is 4.98 Å². The van der Waals surface area contributed by atoms with Crippen LogP contribution < -0.4 is 10.5 Å². The van der Waals surface area contributed by atoms with Crippen LogP contribution in [-0.2, 0) is 10.0 Å². The lowest BCUT2D eigenvalue weighted by atomic mass is 10.1. The number of nitrogens with two attached hydrogens (primary N) is 1. The minimum absolute atomic E-state index is 0.164. The Morgan fingerprint density at radius 1 is 1.00 bits per heavy atom. The highest BCUT2D eigenvalue weighted by Gasteiger charge is 2.15. The summed E-state index contributed by atoms with van der Waals surface area (Å²) in [6.45, 7) is 0. The second-order valence-corrected chi connectivity index (χ2v) is 6.26. The Morgan fingerprint density at radius 2 is 1.76 bits per heavy atom. The minimum Gasteiger partial charge on any atom is -0.399 e. The number of rotatable bonds is 3. The van der Waals surface area contributed by atoms with Crippen molar-refractivity contribution in [2.24, 2.45) is 0 Å². The van der Waals surface area contributed by atoms with Crippen LogP contribution in [0.3, 0.4) is 0 Å². The number of anilines is 2. The number of benzene rings is 2. The maximum absolute atomic E-state index is 12.4. The normalized spacial score (nSPS) is 11.4. The van der Waals surface area contributed by atoms with Crippen LogP contribution in [-0.4, -0.2) is 13.4 Å². The SMILES string of the molecule is Nc1ccc(S(=O)(=O)Nc2cccc3ccncc23)cc1. The molecule has 21 heavy (non-hydrogen) atoms. The van der Waals surface area contributed by atoms with Gasteiger partial charge in [0.1, 0.15) is 0 Å². The third kappa shape index (κ3) is 2.66. The number of nitrogens with one attached hydrogen (secondary N) is 1. The minimum atomic E-state index is -3.65. The first kappa shape index (κ1) is 13.4. The van der Waals surface area contributed by atoms with Gasteiger partial charge in [0.05, 0.1) is 10.6 Å². The molecule has 6 heteroatoms. The van der Waals surface area contributed by atoms with Gasteiger partial charge in [0.25, 0.3) is 10.0 Å². The highest BCUT2D eigenvalue weighted by molar-refractivity contribution is 7.92. The fourth-order valence-corrected chi connectivity index (χ4v) is 3.13. The summed E-state index contributed by atoms with van der Waals surface area (Å²) >= 11 is 0. The molecule has 0 bridgehead atoms. The maximum atomic E-state index is 12.4. The lowest BCUT2D eigenvalue weighted by Gasteiger charge is -2.10. The van der Waals surface area contributed by atoms with Crippen LogP contribution in [0, 0.1) is 0 Å². The maximum Gasteiger partial charge on any atom is 0.261 e. The molecule has 0 aliphatic heterocycles. The standard InChI is InChI=1S/C15H13N3O2S/c16-12-4-6-13(7-5-12)21(19,20)18-15-3-1-2-11-8-9-17-10-14(11)15/h1-10,18H,16H2. The predicted octanol–water partition coefficient (Wildman–Crippen LogP) is 2.62. The van der Waals surface area contributed by atoms with Gasteiger partial charge < -0.3 is 5.73 Å². The molecule has 0 radical (unpaired) electrons. The van der Waals surface area contributed by atoms with Crippen LogP contribution in [0.4, 0.5) is 11.4 Å². The molecule has 0 spiro atoms. The van der Waals surface area contributed by atoms with E-state index in [1.807, 2.05) is 12.1 Å². The molecule has 0 unspecified atom stereocenters. The van der Waals surface area contributed by atoms with Gasteiger partial charge in [-0.2, -0.15) is 0 Å². The molecule has 3 N–H and O–H groups in total. The predicted molar refractivity (Wildman–Crippen MR) is 83.4 cm³/mol. The van der Waals surface area contributed by atoms with Crippen LogP contribution in [0.1, 0.15) is 0 Å². The van der Waals surface area contributed by atoms with Gasteiger partial charge in [-0.3, -0.25) is 9.71 Å². The molecule has 0 aliphatic carbocycles. The van der Waals surface area contributed by atoms with E-state index in [4.69, 9.17) is 5.73 Å². The van der Waals surface area contributed by atoms with Crippen LogP contribution in [0.25, 0.3) is 10.8 Å². The van der Waals surface area contributed by atoms with Crippen molar-refractivity contribution in [1.29, 1.82) is 0 Å². The van der Waals surface area contributed by atoms with Gasteiger partial charge in [0.2, 0.25) is 0 Å². The highest BCUT2D eigenvalue weighted by Crippen LogP contribution is 2.25. The Bertz CT molecular complexity index is 885. The molecule has 0 amide bonds. The molecule has 1 aromatic heterocycles. The summed E-state index contributed by atoms with van der Waals surface area (Å²) in [4.78, 5) is 4.20. The first-order chi connectivity index (χ1) is 10.1. The Labute approximate surface area is 122 Å². The van der Waals surface area contributed by atoms with Gasteiger partial charge in [-0.15, -0.1) is 0 Å². The monoisotopic (exact) mass is 299 g/mol. The largest absolute Gasteiger partial charge is 0.399 e. The average molecular weight is 299 g/mol. The average Bonchev–Trinajstić information content (AvgIpc) is 2.48. The van der Waals surface area contributed by atoms with Gasteiger partial charge in [0, 0.05) is 23.5 Å². The second kappa shape index (κ2) is 5.06. The van der Waals surface area contributed by atoms with Gasteiger partial charge in [-0.05, 0) is 41.8 Å². The molecular weight excluding hydrogens is 286 g/mol. The first-order valence-corrected chi connectivity index (χ1v) is 7.76. The lowest BCUT2D eigenvalue weighted by molar-refractivity contribution is 0.601. The zero-order valence-electron chi connectivity index (χ0n) is 11.0. The fourth-order valence-electron chi connectivity index (χ4n) is 2.05. The van der Waals surface area contributed by atoms with E-state index in [1.54, 1.807) is 36.7 Å². The van der Waals surface area contributed by atoms with Crippen LogP contribution in [0.15, 0.2) is 65.8 Å². The third-order valence-electron chi connectivity index (χ3n) is 3.12. The number of fused-ring (bicyclic) bond motifs is 1. The van der Waals surface area contributed by atoms with E-state index in [-0.39, 0.29) is 4.90 Å². The third-order valence-corrected chi connectivity index (χ3v) is 4.50. The van der Waals surface area contributed by atoms with Gasteiger partial charge >= 0.3 is 0 Å². The molecular formula is C15H13N3O2S. The highest BCUT2D eigenvalue weighted by atomic mass is 32.2. The molecule has 1 heterocycles. The van der Waals surface area contributed by atoms with Gasteiger partial charge in [-0.25, -0.2) is 8.42 Å². The van der Waals surface area contributed by atoms with Crippen LogP contribution in [0.5, 0.6) is 0 Å². The molecule has 3 aromatic rings. The number of sulfonamides is 1. The van der Waals surface area contributed by atoms with Gasteiger partial charge in [-0.1, -0.05) is 12.1 Å².